The van der Waals surface area contributed by atoms with Crippen LogP contribution in [0.4, 0.5) is 0 Å². The maximum absolute atomic E-state index is 5.90. The topological polar surface area (TPSA) is 9.23 Å². The lowest BCUT2D eigenvalue weighted by molar-refractivity contribution is 0.365. The first kappa shape index (κ1) is 29.6. The van der Waals surface area contributed by atoms with E-state index in [-0.39, 0.29) is 17.6 Å². The van der Waals surface area contributed by atoms with Crippen LogP contribution in [-0.4, -0.2) is 32.8 Å². The molecule has 0 bridgehead atoms. The largest absolute Gasteiger partial charge is 0.428 e. The minimum atomic E-state index is -0.328. The van der Waals surface area contributed by atoms with Gasteiger partial charge in [-0.05, 0) is 6.04 Å². The van der Waals surface area contributed by atoms with Crippen molar-refractivity contribution in [3.63, 3.8) is 0 Å². The van der Waals surface area contributed by atoms with Gasteiger partial charge in [-0.25, -0.2) is 0 Å². The molecule has 1 saturated heterocycles. The summed E-state index contributed by atoms with van der Waals surface area (Å²) in [5.74, 6) is 0. The second-order valence-corrected chi connectivity index (χ2v) is 26.4. The predicted molar refractivity (Wildman–Crippen MR) is 152 cm³/mol. The summed E-state index contributed by atoms with van der Waals surface area (Å²) >= 11 is 0. The fraction of sp³-hybridized carbons (Fsp3) is 1.00. The van der Waals surface area contributed by atoms with Crippen LogP contribution in [-0.2, 0) is 4.43 Å². The van der Waals surface area contributed by atoms with Crippen LogP contribution in [0.2, 0.25) is 11.6 Å². The summed E-state index contributed by atoms with van der Waals surface area (Å²) in [4.78, 5) is 0. The van der Waals surface area contributed by atoms with Gasteiger partial charge in [0.25, 0.3) is 0 Å². The molecule has 186 valence electrons. The van der Waals surface area contributed by atoms with Crippen molar-refractivity contribution < 1.29 is 4.43 Å². The van der Waals surface area contributed by atoms with E-state index in [1.54, 1.807) is 31.7 Å². The van der Waals surface area contributed by atoms with Crippen LogP contribution in [0, 0.1) is 0 Å². The molecule has 0 aromatic rings. The van der Waals surface area contributed by atoms with Crippen LogP contribution in [0.5, 0.6) is 0 Å². The molecule has 1 heterocycles. The van der Waals surface area contributed by atoms with Gasteiger partial charge in [-0.2, -0.15) is 0 Å². The Morgan fingerprint density at radius 2 is 0.968 bits per heavy atom. The minimum absolute atomic E-state index is 0.0208. The van der Waals surface area contributed by atoms with Gasteiger partial charge in [0.15, 0.2) is 0 Å². The lowest BCUT2D eigenvalue weighted by Gasteiger charge is -2.29. The molecule has 1 aliphatic rings. The smallest absolute Gasteiger partial charge is 0.140 e. The van der Waals surface area contributed by atoms with Gasteiger partial charge in [-0.3, -0.25) is 0 Å². The quantitative estimate of drug-likeness (QED) is 0.106. The molecular formula is C27H60OSi3. The summed E-state index contributed by atoms with van der Waals surface area (Å²) in [5, 5.41) is 0. The van der Waals surface area contributed by atoms with Gasteiger partial charge >= 0.3 is 0 Å². The van der Waals surface area contributed by atoms with Crippen LogP contribution in [0.3, 0.4) is 0 Å². The summed E-state index contributed by atoms with van der Waals surface area (Å²) in [7, 11) is 0.00695. The van der Waals surface area contributed by atoms with Crippen molar-refractivity contribution in [3.05, 3.63) is 0 Å². The molecule has 1 unspecified atom stereocenters. The molecule has 0 saturated carbocycles. The first-order chi connectivity index (χ1) is 15.4. The summed E-state index contributed by atoms with van der Waals surface area (Å²) in [6, 6.07) is 1.57. The molecule has 31 heavy (non-hydrogen) atoms. The molecule has 1 nitrogen and oxygen atoms in total. The molecule has 0 N–H and O–H groups in total. The number of hydrogen-bond acceptors (Lipinski definition) is 1. The summed E-state index contributed by atoms with van der Waals surface area (Å²) in [5.41, 5.74) is 1.23. The first-order valence-corrected chi connectivity index (χ1v) is 24.3. The molecule has 0 amide bonds. The zero-order valence-electron chi connectivity index (χ0n) is 21.9. The molecule has 0 aromatic heterocycles. The molecule has 1 rings (SSSR count). The third-order valence-electron chi connectivity index (χ3n) is 7.79. The molecule has 1 atom stereocenters. The Kier molecular flexibility index (Phi) is 22.7. The molecule has 0 aliphatic carbocycles. The van der Waals surface area contributed by atoms with E-state index in [4.69, 9.17) is 4.43 Å². The van der Waals surface area contributed by atoms with Gasteiger partial charge < -0.3 is 4.43 Å². The molecule has 1 aliphatic heterocycles. The zero-order chi connectivity index (χ0) is 22.2. The minimum Gasteiger partial charge on any atom is -0.428 e. The predicted octanol–water partition coefficient (Wildman–Crippen LogP) is 7.90. The third-order valence-corrected chi connectivity index (χ3v) is 28.1. The van der Waals surface area contributed by atoms with Crippen LogP contribution >= 0.6 is 0 Å². The Morgan fingerprint density at radius 3 is 1.32 bits per heavy atom. The van der Waals surface area contributed by atoms with E-state index in [2.05, 4.69) is 13.8 Å². The van der Waals surface area contributed by atoms with Crippen LogP contribution in [0.25, 0.3) is 0 Å². The van der Waals surface area contributed by atoms with Crippen LogP contribution in [0.1, 0.15) is 155 Å². The Morgan fingerprint density at radius 1 is 0.581 bits per heavy atom. The van der Waals surface area contributed by atoms with Crippen molar-refractivity contribution >= 4 is 26.1 Å². The van der Waals surface area contributed by atoms with E-state index < -0.39 is 0 Å². The van der Waals surface area contributed by atoms with Gasteiger partial charge in [0.1, 0.15) is 9.28 Å². The van der Waals surface area contributed by atoms with Crippen LogP contribution < -0.4 is 0 Å². The second kappa shape index (κ2) is 23.8. The first-order valence-electron chi connectivity index (χ1n) is 15.0. The Hall–Kier alpha value is 0.611. The number of unbranched alkanes of at least 4 members (excludes halogenated alkanes) is 18. The highest BCUT2D eigenvalue weighted by atomic mass is 29.5. The second-order valence-electron chi connectivity index (χ2n) is 10.7. The maximum atomic E-state index is 5.90. The molecule has 4 heteroatoms. The van der Waals surface area contributed by atoms with Gasteiger partial charge in [0.2, 0.25) is 0 Å². The lowest BCUT2D eigenvalue weighted by atomic mass is 10.0. The zero-order valence-corrected chi connectivity index (χ0v) is 25.9. The van der Waals surface area contributed by atoms with E-state index >= 15 is 0 Å². The standard InChI is InChI=1S/C27H60OSi3/c1-3-5-7-9-11-13-15-17-19-21-23-27(31-26-25-28-29-30-31)24-22-20-18-16-14-12-10-8-6-4-2/h27,31H,3-26,29-30H2,1-2H3. The molecule has 0 aromatic carbocycles. The summed E-state index contributed by atoms with van der Waals surface area (Å²) in [6.45, 7) is 5.82. The van der Waals surface area contributed by atoms with Crippen molar-refractivity contribution in [2.24, 2.45) is 0 Å². The highest BCUT2D eigenvalue weighted by Crippen LogP contribution is 2.29. The van der Waals surface area contributed by atoms with Gasteiger partial charge in [-0.1, -0.05) is 161 Å². The van der Waals surface area contributed by atoms with Crippen LogP contribution in [0.15, 0.2) is 0 Å². The maximum Gasteiger partial charge on any atom is 0.140 e. The highest BCUT2D eigenvalue weighted by Gasteiger charge is 2.25. The Bertz CT molecular complexity index is 323. The van der Waals surface area contributed by atoms with Crippen molar-refractivity contribution in [1.82, 2.24) is 0 Å². The van der Waals surface area contributed by atoms with Gasteiger partial charge in [-0.15, -0.1) is 0 Å². The molecular weight excluding hydrogens is 425 g/mol. The normalized spacial score (nSPS) is 18.5. The Labute approximate surface area is 203 Å². The number of hydrogen-bond donors (Lipinski definition) is 0. The Balaban J connectivity index is 2.05. The van der Waals surface area contributed by atoms with Gasteiger partial charge in [0.05, 0.1) is 0 Å². The monoisotopic (exact) mass is 484 g/mol. The van der Waals surface area contributed by atoms with Crippen molar-refractivity contribution in [1.29, 1.82) is 0 Å². The van der Waals surface area contributed by atoms with E-state index in [0.29, 0.717) is 8.55 Å². The average molecular weight is 485 g/mol. The summed E-state index contributed by atoms with van der Waals surface area (Å²) in [6.07, 6.45) is 33.0. The average Bonchev–Trinajstić information content (AvgIpc) is 2.80. The highest BCUT2D eigenvalue weighted by molar-refractivity contribution is 7.35. The molecule has 0 radical (unpaired) electrons. The van der Waals surface area contributed by atoms with E-state index in [1.165, 1.54) is 128 Å². The lowest BCUT2D eigenvalue weighted by Crippen LogP contribution is -2.39. The van der Waals surface area contributed by atoms with E-state index in [9.17, 15) is 0 Å². The van der Waals surface area contributed by atoms with Crippen molar-refractivity contribution in [3.8, 4) is 0 Å². The van der Waals surface area contributed by atoms with E-state index in [1.807, 2.05) is 0 Å². The third kappa shape index (κ3) is 18.7. The van der Waals surface area contributed by atoms with Gasteiger partial charge in [0, 0.05) is 23.5 Å². The van der Waals surface area contributed by atoms with Crippen molar-refractivity contribution in [2.75, 3.05) is 6.61 Å². The fourth-order valence-corrected chi connectivity index (χ4v) is 27.2. The van der Waals surface area contributed by atoms with Crippen molar-refractivity contribution in [2.45, 2.75) is 167 Å². The number of rotatable bonds is 23. The SMILES string of the molecule is CCCCCCCCCCCCC(CCCCCCCCCCCC)[SiH]1CCO[SiH2][SiH2]1. The molecule has 1 fully saturated rings. The van der Waals surface area contributed by atoms with E-state index in [0.717, 1.165) is 0 Å². The molecule has 0 spiro atoms. The summed E-state index contributed by atoms with van der Waals surface area (Å²) < 4.78 is 5.90. The fourth-order valence-electron chi connectivity index (χ4n) is 5.59.